The minimum atomic E-state index is 0.851. The van der Waals surface area contributed by atoms with Gasteiger partial charge in [0.1, 0.15) is 5.75 Å². The second-order valence-corrected chi connectivity index (χ2v) is 4.94. The van der Waals surface area contributed by atoms with Gasteiger partial charge in [0.05, 0.1) is 7.11 Å². The van der Waals surface area contributed by atoms with Crippen LogP contribution in [0.1, 0.15) is 13.8 Å². The number of rotatable bonds is 5. The third-order valence-electron chi connectivity index (χ3n) is 2.65. The van der Waals surface area contributed by atoms with Crippen molar-refractivity contribution in [3.05, 3.63) is 24.3 Å². The normalized spacial score (nSPS) is 10.6. The molecular weight excluding hydrogens is 246 g/mol. The third-order valence-corrected chi connectivity index (χ3v) is 3.50. The van der Waals surface area contributed by atoms with Crippen molar-refractivity contribution in [2.75, 3.05) is 12.9 Å². The van der Waals surface area contributed by atoms with Crippen LogP contribution < -0.4 is 4.74 Å². The molecule has 1 heterocycles. The van der Waals surface area contributed by atoms with Crippen molar-refractivity contribution in [3.63, 3.8) is 0 Å². The van der Waals surface area contributed by atoms with Crippen LogP contribution in [0.2, 0.25) is 0 Å². The molecule has 0 bridgehead atoms. The largest absolute Gasteiger partial charge is 0.497 e. The van der Waals surface area contributed by atoms with Gasteiger partial charge in [-0.2, -0.15) is 0 Å². The van der Waals surface area contributed by atoms with Crippen LogP contribution in [0.5, 0.6) is 5.75 Å². The summed E-state index contributed by atoms with van der Waals surface area (Å²) in [5.74, 6) is 2.77. The quantitative estimate of drug-likeness (QED) is 0.777. The molecule has 1 aromatic heterocycles. The summed E-state index contributed by atoms with van der Waals surface area (Å²) in [6, 6.07) is 7.90. The Balaban J connectivity index is 2.36. The van der Waals surface area contributed by atoms with Gasteiger partial charge in [0.25, 0.3) is 0 Å². The Morgan fingerprint density at radius 2 is 1.89 bits per heavy atom. The summed E-state index contributed by atoms with van der Waals surface area (Å²) in [6.45, 7) is 5.10. The van der Waals surface area contributed by atoms with E-state index in [1.54, 1.807) is 18.9 Å². The highest BCUT2D eigenvalue weighted by Crippen LogP contribution is 2.25. The average molecular weight is 263 g/mol. The molecule has 2 aromatic rings. The first-order chi connectivity index (χ1) is 8.80. The van der Waals surface area contributed by atoms with Crippen molar-refractivity contribution in [1.82, 2.24) is 14.8 Å². The predicted octanol–water partition coefficient (Wildman–Crippen LogP) is 3.09. The van der Waals surface area contributed by atoms with Crippen molar-refractivity contribution >= 4 is 11.8 Å². The Kier molecular flexibility index (Phi) is 4.25. The fraction of sp³-hybridized carbons (Fsp3) is 0.385. The number of hydrogen-bond donors (Lipinski definition) is 0. The molecule has 0 aliphatic heterocycles. The van der Waals surface area contributed by atoms with Gasteiger partial charge < -0.3 is 9.30 Å². The fourth-order valence-electron chi connectivity index (χ4n) is 1.76. The Bertz CT molecular complexity index is 507. The Hall–Kier alpha value is -1.49. The Morgan fingerprint density at radius 3 is 2.44 bits per heavy atom. The van der Waals surface area contributed by atoms with Gasteiger partial charge in [-0.1, -0.05) is 18.7 Å². The molecule has 0 amide bonds. The molecule has 96 valence electrons. The first-order valence-corrected chi connectivity index (χ1v) is 6.99. The van der Waals surface area contributed by atoms with E-state index in [9.17, 15) is 0 Å². The lowest BCUT2D eigenvalue weighted by atomic mass is 10.2. The zero-order valence-electron chi connectivity index (χ0n) is 10.9. The molecule has 0 N–H and O–H groups in total. The highest BCUT2D eigenvalue weighted by atomic mass is 32.2. The molecule has 4 nitrogen and oxygen atoms in total. The number of methoxy groups -OCH3 is 1. The average Bonchev–Trinajstić information content (AvgIpc) is 2.82. The van der Waals surface area contributed by atoms with Crippen LogP contribution in [0.4, 0.5) is 0 Å². The molecule has 0 saturated carbocycles. The summed E-state index contributed by atoms with van der Waals surface area (Å²) in [5, 5.41) is 9.50. The summed E-state index contributed by atoms with van der Waals surface area (Å²) in [5.41, 5.74) is 1.06. The molecule has 0 aliphatic carbocycles. The van der Waals surface area contributed by atoms with Crippen LogP contribution >= 0.6 is 11.8 Å². The van der Waals surface area contributed by atoms with Crippen molar-refractivity contribution in [2.24, 2.45) is 0 Å². The first kappa shape index (κ1) is 13.0. The maximum atomic E-state index is 5.16. The minimum Gasteiger partial charge on any atom is -0.497 e. The van der Waals surface area contributed by atoms with E-state index in [4.69, 9.17) is 4.74 Å². The zero-order valence-corrected chi connectivity index (χ0v) is 11.7. The molecule has 0 spiro atoms. The summed E-state index contributed by atoms with van der Waals surface area (Å²) >= 11 is 1.71. The summed E-state index contributed by atoms with van der Waals surface area (Å²) in [6.07, 6.45) is 0. The summed E-state index contributed by atoms with van der Waals surface area (Å²) < 4.78 is 7.29. The molecule has 1 aromatic carbocycles. The van der Waals surface area contributed by atoms with Crippen LogP contribution in [0.15, 0.2) is 29.4 Å². The number of nitrogens with zero attached hydrogens (tertiary/aromatic N) is 3. The zero-order chi connectivity index (χ0) is 13.0. The van der Waals surface area contributed by atoms with Gasteiger partial charge in [-0.15, -0.1) is 10.2 Å². The molecule has 5 heteroatoms. The van der Waals surface area contributed by atoms with Crippen molar-refractivity contribution in [3.8, 4) is 17.1 Å². The lowest BCUT2D eigenvalue weighted by Crippen LogP contribution is -1.99. The van der Waals surface area contributed by atoms with Crippen molar-refractivity contribution in [1.29, 1.82) is 0 Å². The molecule has 0 fully saturated rings. The number of ether oxygens (including phenoxy) is 1. The second kappa shape index (κ2) is 5.91. The SMILES string of the molecule is CCSc1nnc(-c2ccc(OC)cc2)n1CC. The van der Waals surface area contributed by atoms with Gasteiger partial charge in [-0.3, -0.25) is 0 Å². The van der Waals surface area contributed by atoms with Gasteiger partial charge in [-0.05, 0) is 36.9 Å². The topological polar surface area (TPSA) is 39.9 Å². The molecular formula is C13H17N3OS. The van der Waals surface area contributed by atoms with E-state index in [-0.39, 0.29) is 0 Å². The molecule has 18 heavy (non-hydrogen) atoms. The highest BCUT2D eigenvalue weighted by Gasteiger charge is 2.12. The number of aromatic nitrogens is 3. The van der Waals surface area contributed by atoms with Gasteiger partial charge in [-0.25, -0.2) is 0 Å². The van der Waals surface area contributed by atoms with Crippen molar-refractivity contribution in [2.45, 2.75) is 25.5 Å². The fourth-order valence-corrected chi connectivity index (χ4v) is 2.49. The van der Waals surface area contributed by atoms with E-state index >= 15 is 0 Å². The minimum absolute atomic E-state index is 0.851. The second-order valence-electron chi connectivity index (χ2n) is 3.71. The molecule has 2 rings (SSSR count). The van der Waals surface area contributed by atoms with Crippen LogP contribution in [0, 0.1) is 0 Å². The molecule has 0 atom stereocenters. The van der Waals surface area contributed by atoms with Gasteiger partial charge in [0.2, 0.25) is 0 Å². The monoisotopic (exact) mass is 263 g/mol. The van der Waals surface area contributed by atoms with Crippen LogP contribution in [-0.2, 0) is 6.54 Å². The van der Waals surface area contributed by atoms with E-state index in [1.165, 1.54) is 0 Å². The van der Waals surface area contributed by atoms with Gasteiger partial charge in [0.15, 0.2) is 11.0 Å². The Labute approximate surface area is 111 Å². The predicted molar refractivity (Wildman–Crippen MR) is 74.1 cm³/mol. The van der Waals surface area contributed by atoms with Crippen molar-refractivity contribution < 1.29 is 4.74 Å². The summed E-state index contributed by atoms with van der Waals surface area (Å²) in [7, 11) is 1.67. The standard InChI is InChI=1S/C13H17N3OS/c1-4-16-12(14-15-13(16)18-5-2)10-6-8-11(17-3)9-7-10/h6-9H,4-5H2,1-3H3. The van der Waals surface area contributed by atoms with E-state index in [2.05, 4.69) is 28.6 Å². The smallest absolute Gasteiger partial charge is 0.191 e. The molecule has 0 aliphatic rings. The highest BCUT2D eigenvalue weighted by molar-refractivity contribution is 7.99. The van der Waals surface area contributed by atoms with E-state index in [0.29, 0.717) is 0 Å². The van der Waals surface area contributed by atoms with Gasteiger partial charge in [0, 0.05) is 12.1 Å². The third kappa shape index (κ3) is 2.51. The maximum Gasteiger partial charge on any atom is 0.191 e. The number of benzene rings is 1. The first-order valence-electron chi connectivity index (χ1n) is 6.00. The molecule has 0 unspecified atom stereocenters. The number of thioether (sulfide) groups is 1. The lowest BCUT2D eigenvalue weighted by Gasteiger charge is -2.07. The van der Waals surface area contributed by atoms with Gasteiger partial charge >= 0.3 is 0 Å². The number of hydrogen-bond acceptors (Lipinski definition) is 4. The van der Waals surface area contributed by atoms with E-state index < -0.39 is 0 Å². The van der Waals surface area contributed by atoms with E-state index in [1.807, 2.05) is 24.3 Å². The molecule has 0 saturated heterocycles. The van der Waals surface area contributed by atoms with Crippen LogP contribution in [0.25, 0.3) is 11.4 Å². The van der Waals surface area contributed by atoms with E-state index in [0.717, 1.165) is 34.6 Å². The van der Waals surface area contributed by atoms with Crippen LogP contribution in [0.3, 0.4) is 0 Å². The Morgan fingerprint density at radius 1 is 1.17 bits per heavy atom. The maximum absolute atomic E-state index is 5.16. The lowest BCUT2D eigenvalue weighted by molar-refractivity contribution is 0.415. The van der Waals surface area contributed by atoms with Crippen LogP contribution in [-0.4, -0.2) is 27.6 Å². The summed E-state index contributed by atoms with van der Waals surface area (Å²) in [4.78, 5) is 0. The molecule has 0 radical (unpaired) electrons.